The number of carbonyl (C=O) groups is 1. The van der Waals surface area contributed by atoms with Crippen LogP contribution in [0.5, 0.6) is 0 Å². The highest BCUT2D eigenvalue weighted by Crippen LogP contribution is 2.22. The summed E-state index contributed by atoms with van der Waals surface area (Å²) in [5.41, 5.74) is 0. The maximum absolute atomic E-state index is 11.3. The lowest BCUT2D eigenvalue weighted by molar-refractivity contribution is -0.143. The van der Waals surface area contributed by atoms with Crippen LogP contribution in [-0.2, 0) is 9.53 Å². The van der Waals surface area contributed by atoms with E-state index in [-0.39, 0.29) is 5.97 Å². The average Bonchev–Trinajstić information content (AvgIpc) is 2.83. The Labute approximate surface area is 220 Å². The van der Waals surface area contributed by atoms with Gasteiger partial charge in [-0.15, -0.1) is 0 Å². The number of hydrogen-bond donors (Lipinski definition) is 0. The molecule has 0 rings (SSSR count). The van der Waals surface area contributed by atoms with Crippen LogP contribution in [0.3, 0.4) is 0 Å². The third kappa shape index (κ3) is 27.6. The number of carbonyl (C=O) groups excluding carboxylic acids is 1. The SMILES string of the molecule is CCCCCCCCCC(CCCCCCCCCC/C=C\CCCC(=O)OCC)CCN(C)C. The van der Waals surface area contributed by atoms with Gasteiger partial charge in [-0.2, -0.15) is 0 Å². The van der Waals surface area contributed by atoms with Crippen LogP contribution in [0.15, 0.2) is 12.2 Å². The molecule has 1 atom stereocenters. The third-order valence-electron chi connectivity index (χ3n) is 7.16. The maximum Gasteiger partial charge on any atom is 0.305 e. The topological polar surface area (TPSA) is 29.5 Å². The molecule has 0 saturated heterocycles. The van der Waals surface area contributed by atoms with E-state index in [9.17, 15) is 4.79 Å². The molecule has 0 aromatic heterocycles. The van der Waals surface area contributed by atoms with Gasteiger partial charge in [-0.25, -0.2) is 0 Å². The van der Waals surface area contributed by atoms with Gasteiger partial charge in [-0.05, 0) is 65.6 Å². The van der Waals surface area contributed by atoms with Crippen molar-refractivity contribution in [1.29, 1.82) is 0 Å². The van der Waals surface area contributed by atoms with Crippen LogP contribution in [0, 0.1) is 5.92 Å². The summed E-state index contributed by atoms with van der Waals surface area (Å²) in [6, 6.07) is 0. The first kappa shape index (κ1) is 34.2. The summed E-state index contributed by atoms with van der Waals surface area (Å²) >= 11 is 0. The van der Waals surface area contributed by atoms with Gasteiger partial charge in [0.25, 0.3) is 0 Å². The Kier molecular flexibility index (Phi) is 27.1. The van der Waals surface area contributed by atoms with E-state index in [2.05, 4.69) is 38.1 Å². The van der Waals surface area contributed by atoms with Crippen molar-refractivity contribution in [2.75, 3.05) is 27.2 Å². The second-order valence-corrected chi connectivity index (χ2v) is 10.9. The molecule has 1 unspecified atom stereocenters. The number of hydrogen-bond acceptors (Lipinski definition) is 3. The smallest absolute Gasteiger partial charge is 0.305 e. The Morgan fingerprint density at radius 2 is 1.14 bits per heavy atom. The van der Waals surface area contributed by atoms with Crippen molar-refractivity contribution in [3.05, 3.63) is 12.2 Å². The first-order valence-electron chi connectivity index (χ1n) is 15.5. The van der Waals surface area contributed by atoms with Crippen molar-refractivity contribution in [2.24, 2.45) is 5.92 Å². The normalized spacial score (nSPS) is 12.6. The highest BCUT2D eigenvalue weighted by Gasteiger charge is 2.09. The Balaban J connectivity index is 3.59. The number of ether oxygens (including phenoxy) is 1. The molecule has 0 aliphatic rings. The standard InChI is InChI=1S/C32H63NO2/c1-5-7-8-9-17-20-23-26-31(29-30-33(3)4)27-24-21-18-15-13-11-10-12-14-16-19-22-25-28-32(34)35-6-2/h16,19,31H,5-15,17-18,20-30H2,1-4H3/b19-16-. The zero-order valence-electron chi connectivity index (χ0n) is 24.5. The number of unbranched alkanes of at least 4 members (excludes halogenated alkanes) is 15. The van der Waals surface area contributed by atoms with Crippen molar-refractivity contribution in [3.8, 4) is 0 Å². The van der Waals surface area contributed by atoms with Gasteiger partial charge in [0.15, 0.2) is 0 Å². The van der Waals surface area contributed by atoms with Crippen LogP contribution in [-0.4, -0.2) is 38.1 Å². The van der Waals surface area contributed by atoms with E-state index in [1.807, 2.05) is 6.92 Å². The zero-order valence-corrected chi connectivity index (χ0v) is 24.5. The van der Waals surface area contributed by atoms with E-state index in [1.54, 1.807) is 0 Å². The van der Waals surface area contributed by atoms with E-state index in [0.717, 1.165) is 18.8 Å². The van der Waals surface area contributed by atoms with Crippen molar-refractivity contribution in [3.63, 3.8) is 0 Å². The fourth-order valence-electron chi connectivity index (χ4n) is 4.85. The second-order valence-electron chi connectivity index (χ2n) is 10.9. The van der Waals surface area contributed by atoms with Gasteiger partial charge >= 0.3 is 5.97 Å². The molecule has 0 fully saturated rings. The zero-order chi connectivity index (χ0) is 25.8. The van der Waals surface area contributed by atoms with Crippen LogP contribution in [0.25, 0.3) is 0 Å². The van der Waals surface area contributed by atoms with Crippen LogP contribution < -0.4 is 0 Å². The first-order chi connectivity index (χ1) is 17.1. The largest absolute Gasteiger partial charge is 0.466 e. The number of rotatable bonds is 27. The van der Waals surface area contributed by atoms with Gasteiger partial charge < -0.3 is 9.64 Å². The summed E-state index contributed by atoms with van der Waals surface area (Å²) in [5.74, 6) is 0.889. The quantitative estimate of drug-likeness (QED) is 0.0647. The highest BCUT2D eigenvalue weighted by atomic mass is 16.5. The molecule has 0 aliphatic carbocycles. The molecule has 3 nitrogen and oxygen atoms in total. The minimum atomic E-state index is -0.0615. The maximum atomic E-state index is 11.3. The van der Waals surface area contributed by atoms with E-state index >= 15 is 0 Å². The van der Waals surface area contributed by atoms with Crippen LogP contribution in [0.4, 0.5) is 0 Å². The molecule has 0 saturated carbocycles. The predicted octanol–water partition coefficient (Wildman–Crippen LogP) is 9.89. The molecule has 0 spiro atoms. The Morgan fingerprint density at radius 1 is 0.657 bits per heavy atom. The fraction of sp³-hybridized carbons (Fsp3) is 0.906. The third-order valence-corrected chi connectivity index (χ3v) is 7.16. The van der Waals surface area contributed by atoms with Crippen LogP contribution in [0.1, 0.15) is 155 Å². The Hall–Kier alpha value is -0.830. The van der Waals surface area contributed by atoms with Gasteiger partial charge in [0.1, 0.15) is 0 Å². The highest BCUT2D eigenvalue weighted by molar-refractivity contribution is 5.69. The van der Waals surface area contributed by atoms with Gasteiger partial charge in [0.2, 0.25) is 0 Å². The van der Waals surface area contributed by atoms with E-state index in [1.165, 1.54) is 129 Å². The summed E-state index contributed by atoms with van der Waals surface area (Å²) in [4.78, 5) is 13.6. The minimum Gasteiger partial charge on any atom is -0.466 e. The lowest BCUT2D eigenvalue weighted by Gasteiger charge is -2.19. The molecule has 0 bridgehead atoms. The molecule has 0 aliphatic heterocycles. The summed E-state index contributed by atoms with van der Waals surface area (Å²) in [6.45, 7) is 5.91. The monoisotopic (exact) mass is 493 g/mol. The Bertz CT molecular complexity index is 460. The molecule has 0 aromatic carbocycles. The van der Waals surface area contributed by atoms with E-state index in [4.69, 9.17) is 4.74 Å². The molecule has 0 heterocycles. The second kappa shape index (κ2) is 27.8. The van der Waals surface area contributed by atoms with Crippen molar-refractivity contribution < 1.29 is 9.53 Å². The predicted molar refractivity (Wildman–Crippen MR) is 155 cm³/mol. The summed E-state index contributed by atoms with van der Waals surface area (Å²) in [6.07, 6.45) is 33.7. The van der Waals surface area contributed by atoms with E-state index < -0.39 is 0 Å². The molecule has 0 N–H and O–H groups in total. The van der Waals surface area contributed by atoms with Crippen LogP contribution in [0.2, 0.25) is 0 Å². The number of allylic oxidation sites excluding steroid dienone is 2. The Morgan fingerprint density at radius 3 is 1.66 bits per heavy atom. The van der Waals surface area contributed by atoms with Gasteiger partial charge in [0, 0.05) is 6.42 Å². The van der Waals surface area contributed by atoms with Crippen molar-refractivity contribution in [2.45, 2.75) is 155 Å². The summed E-state index contributed by atoms with van der Waals surface area (Å²) < 4.78 is 4.95. The van der Waals surface area contributed by atoms with Crippen molar-refractivity contribution >= 4 is 5.97 Å². The number of esters is 1. The molecule has 35 heavy (non-hydrogen) atoms. The van der Waals surface area contributed by atoms with Gasteiger partial charge in [-0.1, -0.05) is 122 Å². The fourth-order valence-corrected chi connectivity index (χ4v) is 4.85. The molecule has 0 aromatic rings. The minimum absolute atomic E-state index is 0.0615. The average molecular weight is 494 g/mol. The van der Waals surface area contributed by atoms with Crippen LogP contribution >= 0.6 is 0 Å². The molecule has 3 heteroatoms. The summed E-state index contributed by atoms with van der Waals surface area (Å²) in [5, 5.41) is 0. The molecule has 0 radical (unpaired) electrons. The molecule has 208 valence electrons. The molecular weight excluding hydrogens is 430 g/mol. The molecular formula is C32H63NO2. The van der Waals surface area contributed by atoms with Crippen molar-refractivity contribution in [1.82, 2.24) is 4.90 Å². The van der Waals surface area contributed by atoms with Gasteiger partial charge in [0.05, 0.1) is 6.61 Å². The van der Waals surface area contributed by atoms with Gasteiger partial charge in [-0.3, -0.25) is 4.79 Å². The summed E-state index contributed by atoms with van der Waals surface area (Å²) in [7, 11) is 4.44. The van der Waals surface area contributed by atoms with E-state index in [0.29, 0.717) is 13.0 Å². The number of nitrogens with zero attached hydrogens (tertiary/aromatic N) is 1. The molecule has 0 amide bonds. The lowest BCUT2D eigenvalue weighted by atomic mass is 9.91. The lowest BCUT2D eigenvalue weighted by Crippen LogP contribution is -2.17. The first-order valence-corrected chi connectivity index (χ1v) is 15.5.